The van der Waals surface area contributed by atoms with E-state index in [1.165, 1.54) is 0 Å². The van der Waals surface area contributed by atoms with Gasteiger partial charge >= 0.3 is 5.97 Å². The van der Waals surface area contributed by atoms with Gasteiger partial charge in [-0.2, -0.15) is 0 Å². The van der Waals surface area contributed by atoms with Crippen molar-refractivity contribution in [1.29, 1.82) is 0 Å². The van der Waals surface area contributed by atoms with Crippen molar-refractivity contribution in [3.05, 3.63) is 71.4 Å². The number of H-pyrrole nitrogens is 1. The summed E-state index contributed by atoms with van der Waals surface area (Å²) in [5.41, 5.74) is 3.20. The first-order valence-electron chi connectivity index (χ1n) is 8.44. The Morgan fingerprint density at radius 3 is 2.44 bits per heavy atom. The van der Waals surface area contributed by atoms with Crippen LogP contribution in [0.4, 0.5) is 0 Å². The van der Waals surface area contributed by atoms with Gasteiger partial charge in [0.25, 0.3) is 0 Å². The molecule has 0 fully saturated rings. The molecule has 0 saturated heterocycles. The van der Waals surface area contributed by atoms with Crippen LogP contribution in [0.1, 0.15) is 40.9 Å². The average Bonchev–Trinajstić information content (AvgIpc) is 2.97. The molecule has 3 rings (SSSR count). The van der Waals surface area contributed by atoms with Gasteiger partial charge in [0.15, 0.2) is 6.61 Å². The molecule has 0 aliphatic heterocycles. The minimum absolute atomic E-state index is 0.189. The third kappa shape index (κ3) is 3.48. The van der Waals surface area contributed by atoms with E-state index >= 15 is 0 Å². The van der Waals surface area contributed by atoms with Crippen LogP contribution < -0.4 is 0 Å². The molecule has 0 unspecified atom stereocenters. The van der Waals surface area contributed by atoms with E-state index in [4.69, 9.17) is 4.74 Å². The first-order chi connectivity index (χ1) is 12.1. The number of carbonyl (C=O) groups excluding carboxylic acids is 2. The summed E-state index contributed by atoms with van der Waals surface area (Å²) < 4.78 is 5.34. The van der Waals surface area contributed by atoms with Gasteiger partial charge < -0.3 is 9.72 Å². The molecular weight excluding hydrogens is 314 g/mol. The normalized spacial score (nSPS) is 12.1. The lowest BCUT2D eigenvalue weighted by Crippen LogP contribution is -2.20. The molecule has 1 heterocycles. The number of hydrogen-bond acceptors (Lipinski definition) is 3. The van der Waals surface area contributed by atoms with E-state index in [0.29, 0.717) is 12.0 Å². The second-order valence-corrected chi connectivity index (χ2v) is 6.07. The van der Waals surface area contributed by atoms with Crippen LogP contribution in [0.15, 0.2) is 54.6 Å². The second-order valence-electron chi connectivity index (χ2n) is 6.07. The van der Waals surface area contributed by atoms with Crippen LogP contribution in [0.5, 0.6) is 0 Å². The van der Waals surface area contributed by atoms with Crippen LogP contribution in [0, 0.1) is 6.92 Å². The fourth-order valence-electron chi connectivity index (χ4n) is 3.17. The number of ether oxygens (including phenoxy) is 1. The minimum Gasteiger partial charge on any atom is -0.457 e. The second kappa shape index (κ2) is 7.34. The Hall–Kier alpha value is -2.88. The number of benzene rings is 2. The summed E-state index contributed by atoms with van der Waals surface area (Å²) in [5, 5.41) is 0.858. The monoisotopic (exact) mass is 335 g/mol. The van der Waals surface area contributed by atoms with E-state index in [0.717, 1.165) is 22.2 Å². The predicted octanol–water partition coefficient (Wildman–Crippen LogP) is 4.40. The van der Waals surface area contributed by atoms with Crippen LogP contribution >= 0.6 is 0 Å². The van der Waals surface area contributed by atoms with Crippen molar-refractivity contribution in [1.82, 2.24) is 4.98 Å². The predicted molar refractivity (Wildman–Crippen MR) is 97.8 cm³/mol. The molecule has 2 aromatic carbocycles. The third-order valence-electron chi connectivity index (χ3n) is 4.41. The minimum atomic E-state index is -0.362. The topological polar surface area (TPSA) is 59.2 Å². The molecule has 1 atom stereocenters. The molecular formula is C21H21NO3. The Balaban J connectivity index is 1.73. The van der Waals surface area contributed by atoms with Crippen LogP contribution in [-0.2, 0) is 9.53 Å². The molecule has 0 aliphatic rings. The number of para-hydroxylation sites is 1. The number of carbonyl (C=O) groups is 2. The van der Waals surface area contributed by atoms with Crippen molar-refractivity contribution in [2.24, 2.45) is 0 Å². The fourth-order valence-corrected chi connectivity index (χ4v) is 3.17. The molecule has 1 N–H and O–H groups in total. The smallest absolute Gasteiger partial charge is 0.313 e. The Morgan fingerprint density at radius 2 is 1.72 bits per heavy atom. The van der Waals surface area contributed by atoms with E-state index in [1.807, 2.05) is 68.4 Å². The quantitative estimate of drug-likeness (QED) is 0.537. The number of esters is 1. The fraction of sp³-hybridized carbons (Fsp3) is 0.238. The molecule has 128 valence electrons. The van der Waals surface area contributed by atoms with Crippen molar-refractivity contribution in [3.63, 3.8) is 0 Å². The zero-order valence-electron chi connectivity index (χ0n) is 14.4. The van der Waals surface area contributed by atoms with Gasteiger partial charge in [-0.1, -0.05) is 55.5 Å². The maximum Gasteiger partial charge on any atom is 0.313 e. The molecule has 0 bridgehead atoms. The Bertz CT molecular complexity index is 896. The van der Waals surface area contributed by atoms with Gasteiger partial charge in [-0.3, -0.25) is 9.59 Å². The SMILES string of the molecule is CC[C@H](C(=O)OCC(=O)c1c(C)[nH]c2ccccc12)c1ccccc1. The highest BCUT2D eigenvalue weighted by Crippen LogP contribution is 2.24. The standard InChI is InChI=1S/C21H21NO3/c1-3-16(15-9-5-4-6-10-15)21(24)25-13-19(23)20-14(2)22-18-12-8-7-11-17(18)20/h4-12,16,22H,3,13H2,1-2H3/t16-/m0/s1. The summed E-state index contributed by atoms with van der Waals surface area (Å²) in [5.74, 6) is -0.899. The summed E-state index contributed by atoms with van der Waals surface area (Å²) in [6, 6.07) is 17.1. The van der Waals surface area contributed by atoms with E-state index in [2.05, 4.69) is 4.98 Å². The summed E-state index contributed by atoms with van der Waals surface area (Å²) in [6.45, 7) is 3.54. The summed E-state index contributed by atoms with van der Waals surface area (Å²) in [6.07, 6.45) is 0.628. The van der Waals surface area contributed by atoms with Crippen molar-refractivity contribution < 1.29 is 14.3 Å². The van der Waals surface area contributed by atoms with E-state index in [-0.39, 0.29) is 24.3 Å². The third-order valence-corrected chi connectivity index (χ3v) is 4.41. The van der Waals surface area contributed by atoms with Gasteiger partial charge in [0.1, 0.15) is 0 Å². The highest BCUT2D eigenvalue weighted by molar-refractivity contribution is 6.10. The summed E-state index contributed by atoms with van der Waals surface area (Å²) >= 11 is 0. The van der Waals surface area contributed by atoms with Crippen molar-refractivity contribution >= 4 is 22.7 Å². The molecule has 0 spiro atoms. The van der Waals surface area contributed by atoms with E-state index < -0.39 is 0 Å². The van der Waals surface area contributed by atoms with Crippen molar-refractivity contribution in [2.45, 2.75) is 26.2 Å². The molecule has 0 aliphatic carbocycles. The Labute approximate surface area is 146 Å². The number of rotatable bonds is 6. The number of fused-ring (bicyclic) bond motifs is 1. The highest BCUT2D eigenvalue weighted by Gasteiger charge is 2.22. The van der Waals surface area contributed by atoms with Gasteiger partial charge in [-0.05, 0) is 25.0 Å². The maximum atomic E-state index is 12.6. The zero-order valence-corrected chi connectivity index (χ0v) is 14.4. The number of aryl methyl sites for hydroxylation is 1. The Kier molecular flexibility index (Phi) is 4.98. The molecule has 3 aromatic rings. The van der Waals surface area contributed by atoms with Crippen LogP contribution in [-0.4, -0.2) is 23.3 Å². The van der Waals surface area contributed by atoms with Gasteiger partial charge in [0, 0.05) is 22.2 Å². The highest BCUT2D eigenvalue weighted by atomic mass is 16.5. The number of hydrogen-bond donors (Lipinski definition) is 1. The van der Waals surface area contributed by atoms with E-state index in [9.17, 15) is 9.59 Å². The first kappa shape index (κ1) is 17.0. The van der Waals surface area contributed by atoms with Gasteiger partial charge in [-0.25, -0.2) is 0 Å². The molecule has 0 radical (unpaired) electrons. The molecule has 4 nitrogen and oxygen atoms in total. The van der Waals surface area contributed by atoms with Crippen molar-refractivity contribution in [3.8, 4) is 0 Å². The lowest BCUT2D eigenvalue weighted by atomic mass is 9.97. The van der Waals surface area contributed by atoms with Gasteiger partial charge in [-0.15, -0.1) is 0 Å². The number of nitrogens with one attached hydrogen (secondary N) is 1. The zero-order chi connectivity index (χ0) is 17.8. The number of ketones is 1. The Morgan fingerprint density at radius 1 is 1.04 bits per heavy atom. The lowest BCUT2D eigenvalue weighted by molar-refractivity contribution is -0.144. The number of aromatic nitrogens is 1. The number of Topliss-reactive ketones (excluding diaryl/α,β-unsaturated/α-hetero) is 1. The van der Waals surface area contributed by atoms with E-state index in [1.54, 1.807) is 0 Å². The van der Waals surface area contributed by atoms with Crippen LogP contribution in [0.2, 0.25) is 0 Å². The molecule has 0 saturated carbocycles. The lowest BCUT2D eigenvalue weighted by Gasteiger charge is -2.14. The molecule has 1 aromatic heterocycles. The van der Waals surface area contributed by atoms with Gasteiger partial charge in [0.05, 0.1) is 5.92 Å². The first-order valence-corrected chi connectivity index (χ1v) is 8.44. The van der Waals surface area contributed by atoms with Crippen LogP contribution in [0.3, 0.4) is 0 Å². The van der Waals surface area contributed by atoms with Crippen LogP contribution in [0.25, 0.3) is 10.9 Å². The number of aromatic amines is 1. The average molecular weight is 335 g/mol. The molecule has 0 amide bonds. The molecule has 25 heavy (non-hydrogen) atoms. The summed E-state index contributed by atoms with van der Waals surface area (Å²) in [7, 11) is 0. The van der Waals surface area contributed by atoms with Gasteiger partial charge in [0.2, 0.25) is 5.78 Å². The largest absolute Gasteiger partial charge is 0.457 e. The maximum absolute atomic E-state index is 12.6. The van der Waals surface area contributed by atoms with Crippen molar-refractivity contribution in [2.75, 3.05) is 6.61 Å². The summed E-state index contributed by atoms with van der Waals surface area (Å²) in [4.78, 5) is 28.2. The molecule has 4 heteroatoms.